The first-order valence-corrected chi connectivity index (χ1v) is 12.8. The van der Waals surface area contributed by atoms with Gasteiger partial charge in [-0.3, -0.25) is 9.59 Å². The summed E-state index contributed by atoms with van der Waals surface area (Å²) < 4.78 is 30.4. The number of benzene rings is 2. The van der Waals surface area contributed by atoms with Crippen molar-refractivity contribution in [1.29, 1.82) is 0 Å². The highest BCUT2D eigenvalue weighted by Gasteiger charge is 2.59. The van der Waals surface area contributed by atoms with Gasteiger partial charge in [0.1, 0.15) is 41.2 Å². The van der Waals surface area contributed by atoms with E-state index in [1.165, 1.54) is 13.8 Å². The Hall–Kier alpha value is -3.48. The zero-order valence-corrected chi connectivity index (χ0v) is 22.2. The zero-order valence-electron chi connectivity index (χ0n) is 22.2. The highest BCUT2D eigenvalue weighted by Crippen LogP contribution is 2.55. The second kappa shape index (κ2) is 9.43. The normalized spacial score (nSPS) is 26.3. The zero-order chi connectivity index (χ0) is 26.5. The Morgan fingerprint density at radius 2 is 1.68 bits per heavy atom. The number of fused-ring (bicyclic) bond motifs is 3. The van der Waals surface area contributed by atoms with Crippen LogP contribution in [0.25, 0.3) is 11.0 Å². The average Bonchev–Trinajstić information content (AvgIpc) is 3.36. The van der Waals surface area contributed by atoms with E-state index in [0.29, 0.717) is 11.3 Å². The monoisotopic (exact) mass is 506 g/mol. The third-order valence-corrected chi connectivity index (χ3v) is 7.92. The van der Waals surface area contributed by atoms with Crippen molar-refractivity contribution in [3.05, 3.63) is 59.4 Å². The van der Waals surface area contributed by atoms with Gasteiger partial charge in [-0.1, -0.05) is 51.1 Å². The first-order valence-electron chi connectivity index (χ1n) is 12.8. The smallest absolute Gasteiger partial charge is 0.302 e. The largest absolute Gasteiger partial charge is 0.496 e. The van der Waals surface area contributed by atoms with Crippen LogP contribution >= 0.6 is 0 Å². The molecule has 0 amide bonds. The second-order valence-electron chi connectivity index (χ2n) is 10.8. The molecule has 0 spiro atoms. The number of methoxy groups -OCH3 is 1. The molecule has 5 atom stereocenters. The second-order valence-corrected chi connectivity index (χ2v) is 10.8. The summed E-state index contributed by atoms with van der Waals surface area (Å²) in [5.74, 6) is 0.931. The van der Waals surface area contributed by atoms with E-state index in [2.05, 4.69) is 12.1 Å². The lowest BCUT2D eigenvalue weighted by Gasteiger charge is -2.32. The summed E-state index contributed by atoms with van der Waals surface area (Å²) in [4.78, 5) is 24.1. The van der Waals surface area contributed by atoms with Crippen LogP contribution in [-0.2, 0) is 25.5 Å². The molecular weight excluding hydrogens is 472 g/mol. The number of carbonyl (C=O) groups excluding carboxylic acids is 2. The van der Waals surface area contributed by atoms with Crippen LogP contribution in [-0.4, -0.2) is 31.3 Å². The molecule has 5 rings (SSSR count). The molecule has 3 aromatic rings. The molecule has 1 aromatic heterocycles. The molecule has 2 aromatic carbocycles. The van der Waals surface area contributed by atoms with E-state index in [1.807, 2.05) is 51.1 Å². The van der Waals surface area contributed by atoms with Crippen molar-refractivity contribution < 1.29 is 33.0 Å². The molecular formula is C30H34O7. The van der Waals surface area contributed by atoms with Crippen molar-refractivity contribution in [2.24, 2.45) is 11.3 Å². The molecule has 0 saturated heterocycles. The fourth-order valence-electron chi connectivity index (χ4n) is 6.30. The van der Waals surface area contributed by atoms with Crippen molar-refractivity contribution in [2.45, 2.75) is 71.7 Å². The van der Waals surface area contributed by atoms with Gasteiger partial charge in [0.15, 0.2) is 0 Å². The van der Waals surface area contributed by atoms with Crippen LogP contribution in [0.2, 0.25) is 0 Å². The summed E-state index contributed by atoms with van der Waals surface area (Å²) in [6.45, 7) is 8.73. The minimum absolute atomic E-state index is 0.0752. The van der Waals surface area contributed by atoms with Crippen molar-refractivity contribution in [2.75, 3.05) is 7.11 Å². The summed E-state index contributed by atoms with van der Waals surface area (Å²) in [6.07, 6.45) is 0.589. The van der Waals surface area contributed by atoms with E-state index in [-0.39, 0.29) is 29.9 Å². The van der Waals surface area contributed by atoms with Crippen LogP contribution in [0.3, 0.4) is 0 Å². The van der Waals surface area contributed by atoms with E-state index in [4.69, 9.17) is 23.4 Å². The Morgan fingerprint density at radius 1 is 1.00 bits per heavy atom. The third-order valence-electron chi connectivity index (χ3n) is 7.92. The van der Waals surface area contributed by atoms with Gasteiger partial charge in [0.2, 0.25) is 0 Å². The third kappa shape index (κ3) is 4.34. The molecule has 2 heterocycles. The predicted molar refractivity (Wildman–Crippen MR) is 138 cm³/mol. The lowest BCUT2D eigenvalue weighted by Crippen LogP contribution is -2.39. The lowest BCUT2D eigenvalue weighted by molar-refractivity contribution is -0.161. The van der Waals surface area contributed by atoms with Gasteiger partial charge < -0.3 is 23.4 Å². The molecule has 5 unspecified atom stereocenters. The molecule has 0 bridgehead atoms. The number of hydrogen-bond donors (Lipinski definition) is 0. The predicted octanol–water partition coefficient (Wildman–Crippen LogP) is 6.13. The minimum Gasteiger partial charge on any atom is -0.496 e. The van der Waals surface area contributed by atoms with Crippen LogP contribution in [0.5, 0.6) is 11.5 Å². The molecule has 1 aliphatic heterocycles. The number of ether oxygens (including phenoxy) is 4. The summed E-state index contributed by atoms with van der Waals surface area (Å²) in [6, 6.07) is 14.1. The molecule has 0 radical (unpaired) electrons. The number of hydrogen-bond acceptors (Lipinski definition) is 7. The number of rotatable bonds is 5. The van der Waals surface area contributed by atoms with Crippen LogP contribution in [0.4, 0.5) is 0 Å². The molecule has 7 nitrogen and oxygen atoms in total. The highest BCUT2D eigenvalue weighted by molar-refractivity contribution is 5.89. The maximum absolute atomic E-state index is 12.1. The van der Waals surface area contributed by atoms with Gasteiger partial charge in [-0.05, 0) is 24.5 Å². The minimum atomic E-state index is -0.619. The van der Waals surface area contributed by atoms with Gasteiger partial charge in [0, 0.05) is 36.8 Å². The molecule has 7 heteroatoms. The van der Waals surface area contributed by atoms with E-state index in [1.54, 1.807) is 7.11 Å². The SMILES string of the molecule is COc1cc2oc(C3C(C)C(OC(C)=O)C(C)(C)C3OC(C)=O)cc2c2c1CCC(c1ccccc1)O2. The Labute approximate surface area is 217 Å². The summed E-state index contributed by atoms with van der Waals surface area (Å²) in [5, 5.41) is 0.856. The highest BCUT2D eigenvalue weighted by atomic mass is 16.6. The van der Waals surface area contributed by atoms with Crippen LogP contribution in [0, 0.1) is 11.3 Å². The molecule has 37 heavy (non-hydrogen) atoms. The molecule has 1 fully saturated rings. The molecule has 2 aliphatic rings. The van der Waals surface area contributed by atoms with E-state index in [9.17, 15) is 9.59 Å². The van der Waals surface area contributed by atoms with Crippen LogP contribution in [0.1, 0.15) is 69.9 Å². The van der Waals surface area contributed by atoms with Gasteiger partial charge in [0.05, 0.1) is 18.4 Å². The maximum Gasteiger partial charge on any atom is 0.302 e. The van der Waals surface area contributed by atoms with Gasteiger partial charge >= 0.3 is 11.9 Å². The average molecular weight is 507 g/mol. The number of esters is 2. The van der Waals surface area contributed by atoms with Crippen LogP contribution < -0.4 is 9.47 Å². The summed E-state index contributed by atoms with van der Waals surface area (Å²) in [5.41, 5.74) is 2.16. The van der Waals surface area contributed by atoms with Crippen molar-refractivity contribution in [3.8, 4) is 11.5 Å². The van der Waals surface area contributed by atoms with E-state index in [0.717, 1.165) is 40.9 Å². The van der Waals surface area contributed by atoms with Gasteiger partial charge in [-0.15, -0.1) is 0 Å². The fraction of sp³-hybridized carbons (Fsp3) is 0.467. The first-order chi connectivity index (χ1) is 17.6. The Kier molecular flexibility index (Phi) is 6.42. The standard InChI is InChI=1S/C30H34O7/c1-16-26(29(35-18(3)32)30(4,5)28(16)34-17(2)31)25-14-21-24(36-25)15-23(33-6)20-12-13-22(37-27(20)21)19-10-8-7-9-11-19/h7-11,14-16,22,26,28-29H,12-13H2,1-6H3. The number of carbonyl (C=O) groups is 2. The van der Waals surface area contributed by atoms with Crippen molar-refractivity contribution in [3.63, 3.8) is 0 Å². The van der Waals surface area contributed by atoms with Crippen molar-refractivity contribution >= 4 is 22.9 Å². The van der Waals surface area contributed by atoms with E-state index >= 15 is 0 Å². The topological polar surface area (TPSA) is 84.2 Å². The molecule has 196 valence electrons. The Bertz CT molecular complexity index is 1320. The fourth-order valence-corrected chi connectivity index (χ4v) is 6.30. The molecule has 1 aliphatic carbocycles. The first kappa shape index (κ1) is 25.2. The van der Waals surface area contributed by atoms with Gasteiger partial charge in [0.25, 0.3) is 0 Å². The molecule has 0 N–H and O–H groups in total. The summed E-state index contributed by atoms with van der Waals surface area (Å²) in [7, 11) is 1.65. The van der Waals surface area contributed by atoms with Crippen molar-refractivity contribution in [1.82, 2.24) is 0 Å². The summed E-state index contributed by atoms with van der Waals surface area (Å²) >= 11 is 0. The van der Waals surface area contributed by atoms with E-state index < -0.39 is 17.6 Å². The molecule has 1 saturated carbocycles. The maximum atomic E-state index is 12.1. The number of furan rings is 1. The Balaban J connectivity index is 1.61. The van der Waals surface area contributed by atoms with Gasteiger partial charge in [-0.2, -0.15) is 0 Å². The quantitative estimate of drug-likeness (QED) is 0.385. The lowest BCUT2D eigenvalue weighted by atomic mass is 9.84. The van der Waals surface area contributed by atoms with Crippen LogP contribution in [0.15, 0.2) is 46.9 Å². The van der Waals surface area contributed by atoms with Gasteiger partial charge in [-0.25, -0.2) is 0 Å². The Morgan fingerprint density at radius 3 is 2.32 bits per heavy atom.